The van der Waals surface area contributed by atoms with Crippen LogP contribution in [0.4, 0.5) is 10.1 Å². The van der Waals surface area contributed by atoms with Crippen LogP contribution in [0.2, 0.25) is 0 Å². The van der Waals surface area contributed by atoms with E-state index in [4.69, 9.17) is 4.74 Å². The lowest BCUT2D eigenvalue weighted by molar-refractivity contribution is -0.115. The normalized spacial score (nSPS) is 10.6. The van der Waals surface area contributed by atoms with Gasteiger partial charge in [-0.15, -0.1) is 24.0 Å². The van der Waals surface area contributed by atoms with E-state index in [1.165, 1.54) is 24.3 Å². The number of amides is 1. The lowest BCUT2D eigenvalue weighted by Gasteiger charge is -2.12. The lowest BCUT2D eigenvalue weighted by Crippen LogP contribution is -2.41. The first-order valence-corrected chi connectivity index (χ1v) is 8.73. The molecule has 0 heterocycles. The molecular weight excluding hydrogens is 474 g/mol. The molecule has 0 aliphatic rings. The van der Waals surface area contributed by atoms with E-state index in [0.29, 0.717) is 24.7 Å². The fourth-order valence-corrected chi connectivity index (χ4v) is 2.39. The Morgan fingerprint density at radius 2 is 1.86 bits per heavy atom. The SMILES string of the molecule is CCNC(=NCc1ccc(C)cc1OC)NCC(=O)Nc1ccc(F)cc1.I. The van der Waals surface area contributed by atoms with E-state index in [1.807, 2.05) is 32.0 Å². The standard InChI is InChI=1S/C20H25FN4O2.HI/c1-4-22-20(23-12-15-6-5-14(2)11-18(15)27-3)24-13-19(26)25-17-9-7-16(21)8-10-17;/h5-11H,4,12-13H2,1-3H3,(H,25,26)(H2,22,23,24);1H. The highest BCUT2D eigenvalue weighted by Crippen LogP contribution is 2.20. The van der Waals surface area contributed by atoms with E-state index in [9.17, 15) is 9.18 Å². The fourth-order valence-electron chi connectivity index (χ4n) is 2.39. The van der Waals surface area contributed by atoms with Gasteiger partial charge in [0.2, 0.25) is 5.91 Å². The maximum atomic E-state index is 12.9. The Kier molecular flexibility index (Phi) is 10.3. The van der Waals surface area contributed by atoms with Crippen LogP contribution in [0.25, 0.3) is 0 Å². The van der Waals surface area contributed by atoms with Gasteiger partial charge in [-0.3, -0.25) is 4.79 Å². The minimum absolute atomic E-state index is 0. The molecular formula is C20H26FIN4O2. The van der Waals surface area contributed by atoms with Crippen molar-refractivity contribution >= 4 is 41.5 Å². The molecule has 0 fully saturated rings. The number of guanidine groups is 1. The number of carbonyl (C=O) groups excluding carboxylic acids is 1. The molecule has 0 saturated heterocycles. The van der Waals surface area contributed by atoms with Crippen molar-refractivity contribution in [1.82, 2.24) is 10.6 Å². The smallest absolute Gasteiger partial charge is 0.243 e. The van der Waals surface area contributed by atoms with Crippen LogP contribution in [0.15, 0.2) is 47.5 Å². The third kappa shape index (κ3) is 7.71. The van der Waals surface area contributed by atoms with Gasteiger partial charge in [-0.05, 0) is 49.7 Å². The molecule has 0 saturated carbocycles. The van der Waals surface area contributed by atoms with Crippen LogP contribution in [0.3, 0.4) is 0 Å². The lowest BCUT2D eigenvalue weighted by atomic mass is 10.1. The second-order valence-corrected chi connectivity index (χ2v) is 5.92. The zero-order valence-corrected chi connectivity index (χ0v) is 18.5. The van der Waals surface area contributed by atoms with Gasteiger partial charge in [-0.1, -0.05) is 12.1 Å². The maximum absolute atomic E-state index is 12.9. The summed E-state index contributed by atoms with van der Waals surface area (Å²) >= 11 is 0. The molecule has 0 bridgehead atoms. The van der Waals surface area contributed by atoms with Gasteiger partial charge in [-0.25, -0.2) is 9.38 Å². The molecule has 0 radical (unpaired) electrons. The Balaban J connectivity index is 0.00000392. The van der Waals surface area contributed by atoms with Crippen molar-refractivity contribution in [3.05, 3.63) is 59.4 Å². The number of halogens is 2. The number of ether oxygens (including phenoxy) is 1. The number of hydrogen-bond acceptors (Lipinski definition) is 3. The summed E-state index contributed by atoms with van der Waals surface area (Å²) in [4.78, 5) is 16.5. The number of carbonyl (C=O) groups is 1. The quantitative estimate of drug-likeness (QED) is 0.310. The summed E-state index contributed by atoms with van der Waals surface area (Å²) in [6.45, 7) is 5.06. The molecule has 0 aliphatic carbocycles. The van der Waals surface area contributed by atoms with Gasteiger partial charge in [0.1, 0.15) is 11.6 Å². The summed E-state index contributed by atoms with van der Waals surface area (Å²) in [6, 6.07) is 11.5. The average Bonchev–Trinajstić information content (AvgIpc) is 2.66. The molecule has 1 amide bonds. The minimum Gasteiger partial charge on any atom is -0.496 e. The topological polar surface area (TPSA) is 74.8 Å². The molecule has 0 unspecified atom stereocenters. The van der Waals surface area contributed by atoms with Crippen molar-refractivity contribution in [1.29, 1.82) is 0 Å². The monoisotopic (exact) mass is 500 g/mol. The number of nitrogens with one attached hydrogen (secondary N) is 3. The van der Waals surface area contributed by atoms with Crippen LogP contribution >= 0.6 is 24.0 Å². The number of rotatable bonds is 7. The average molecular weight is 500 g/mol. The number of aliphatic imine (C=N–C) groups is 1. The van der Waals surface area contributed by atoms with Gasteiger partial charge in [0.05, 0.1) is 20.2 Å². The third-order valence-corrected chi connectivity index (χ3v) is 3.74. The van der Waals surface area contributed by atoms with Crippen molar-refractivity contribution in [2.24, 2.45) is 4.99 Å². The number of aryl methyl sites for hydroxylation is 1. The second kappa shape index (κ2) is 12.2. The molecule has 6 nitrogen and oxygen atoms in total. The zero-order chi connectivity index (χ0) is 19.6. The molecule has 2 aromatic carbocycles. The van der Waals surface area contributed by atoms with Crippen LogP contribution in [0, 0.1) is 12.7 Å². The summed E-state index contributed by atoms with van der Waals surface area (Å²) in [5, 5.41) is 8.77. The van der Waals surface area contributed by atoms with Crippen molar-refractivity contribution in [3.8, 4) is 5.75 Å². The first-order chi connectivity index (χ1) is 13.0. The van der Waals surface area contributed by atoms with E-state index in [1.54, 1.807) is 7.11 Å². The van der Waals surface area contributed by atoms with E-state index >= 15 is 0 Å². The third-order valence-electron chi connectivity index (χ3n) is 3.74. The van der Waals surface area contributed by atoms with Crippen molar-refractivity contribution < 1.29 is 13.9 Å². The minimum atomic E-state index is -0.348. The highest BCUT2D eigenvalue weighted by Gasteiger charge is 2.06. The van der Waals surface area contributed by atoms with E-state index in [2.05, 4.69) is 20.9 Å². The van der Waals surface area contributed by atoms with Crippen LogP contribution in [-0.4, -0.2) is 32.1 Å². The number of benzene rings is 2. The van der Waals surface area contributed by atoms with Crippen molar-refractivity contribution in [3.63, 3.8) is 0 Å². The largest absolute Gasteiger partial charge is 0.496 e. The Morgan fingerprint density at radius 3 is 2.50 bits per heavy atom. The number of hydrogen-bond donors (Lipinski definition) is 3. The molecule has 0 aliphatic heterocycles. The molecule has 2 aromatic rings. The molecule has 0 aromatic heterocycles. The van der Waals surface area contributed by atoms with Gasteiger partial charge >= 0.3 is 0 Å². The highest BCUT2D eigenvalue weighted by molar-refractivity contribution is 14.0. The van der Waals surface area contributed by atoms with Gasteiger partial charge in [0.25, 0.3) is 0 Å². The van der Waals surface area contributed by atoms with Gasteiger partial charge < -0.3 is 20.7 Å². The molecule has 8 heteroatoms. The summed E-state index contributed by atoms with van der Waals surface area (Å²) < 4.78 is 18.3. The fraction of sp³-hybridized carbons (Fsp3) is 0.300. The molecule has 2 rings (SSSR count). The summed E-state index contributed by atoms with van der Waals surface area (Å²) in [6.07, 6.45) is 0. The Hall–Kier alpha value is -2.36. The molecule has 3 N–H and O–H groups in total. The number of nitrogens with zero attached hydrogens (tertiary/aromatic N) is 1. The summed E-state index contributed by atoms with van der Waals surface area (Å²) in [7, 11) is 1.63. The van der Waals surface area contributed by atoms with Gasteiger partial charge in [0.15, 0.2) is 5.96 Å². The van der Waals surface area contributed by atoms with Crippen molar-refractivity contribution in [2.45, 2.75) is 20.4 Å². The van der Waals surface area contributed by atoms with Gasteiger partial charge in [-0.2, -0.15) is 0 Å². The highest BCUT2D eigenvalue weighted by atomic mass is 127. The molecule has 152 valence electrons. The number of methoxy groups -OCH3 is 1. The predicted molar refractivity (Wildman–Crippen MR) is 121 cm³/mol. The van der Waals surface area contributed by atoms with Crippen LogP contribution in [0.5, 0.6) is 5.75 Å². The summed E-state index contributed by atoms with van der Waals surface area (Å²) in [5.41, 5.74) is 2.60. The molecule has 28 heavy (non-hydrogen) atoms. The van der Waals surface area contributed by atoms with E-state index < -0.39 is 0 Å². The number of anilines is 1. The predicted octanol–water partition coefficient (Wildman–Crippen LogP) is 3.45. The second-order valence-electron chi connectivity index (χ2n) is 5.92. The van der Waals surface area contributed by atoms with Gasteiger partial charge in [0, 0.05) is 17.8 Å². The van der Waals surface area contributed by atoms with Crippen LogP contribution in [0.1, 0.15) is 18.1 Å². The zero-order valence-electron chi connectivity index (χ0n) is 16.2. The van der Waals surface area contributed by atoms with Crippen LogP contribution < -0.4 is 20.7 Å². The van der Waals surface area contributed by atoms with Crippen molar-refractivity contribution in [2.75, 3.05) is 25.5 Å². The van der Waals surface area contributed by atoms with Crippen LogP contribution in [-0.2, 0) is 11.3 Å². The Labute approximate surface area is 182 Å². The Bertz CT molecular complexity index is 797. The first kappa shape index (κ1) is 23.7. The van der Waals surface area contributed by atoms with E-state index in [-0.39, 0.29) is 42.2 Å². The summed E-state index contributed by atoms with van der Waals surface area (Å²) in [5.74, 6) is 0.706. The Morgan fingerprint density at radius 1 is 1.14 bits per heavy atom. The first-order valence-electron chi connectivity index (χ1n) is 8.73. The molecule has 0 atom stereocenters. The maximum Gasteiger partial charge on any atom is 0.243 e. The van der Waals surface area contributed by atoms with E-state index in [0.717, 1.165) is 16.9 Å². The molecule has 0 spiro atoms.